The van der Waals surface area contributed by atoms with Crippen LogP contribution in [0.2, 0.25) is 0 Å². The van der Waals surface area contributed by atoms with Gasteiger partial charge in [-0.05, 0) is 32.9 Å². The van der Waals surface area contributed by atoms with Crippen molar-refractivity contribution in [1.82, 2.24) is 19.7 Å². The second-order valence-corrected chi connectivity index (χ2v) is 6.74. The predicted molar refractivity (Wildman–Crippen MR) is 95.0 cm³/mol. The summed E-state index contributed by atoms with van der Waals surface area (Å²) in [4.78, 5) is 7.12. The van der Waals surface area contributed by atoms with E-state index >= 15 is 0 Å². The lowest BCUT2D eigenvalue weighted by molar-refractivity contribution is 0.147. The fourth-order valence-corrected chi connectivity index (χ4v) is 3.90. The Morgan fingerprint density at radius 1 is 1.25 bits per heavy atom. The fraction of sp³-hybridized carbons (Fsp3) is 0.579. The lowest BCUT2D eigenvalue weighted by atomic mass is 9.93. The van der Waals surface area contributed by atoms with Crippen LogP contribution in [0.4, 0.5) is 0 Å². The minimum absolute atomic E-state index is 0.438. The SMILES string of the molecule is CCn1nc(C)c(CN2C[C@@H](COC)[C@H](c3ccccn3)C2)c1C. The summed E-state index contributed by atoms with van der Waals surface area (Å²) in [6.07, 6.45) is 1.89. The molecule has 0 bridgehead atoms. The van der Waals surface area contributed by atoms with Gasteiger partial charge >= 0.3 is 0 Å². The van der Waals surface area contributed by atoms with Crippen molar-refractivity contribution >= 4 is 0 Å². The van der Waals surface area contributed by atoms with Crippen molar-refractivity contribution < 1.29 is 4.74 Å². The standard InChI is InChI=1S/C19H28N4O/c1-5-23-15(3)17(14(2)21-23)11-22-10-16(13-24-4)18(12-22)19-8-6-7-9-20-19/h6-9,16,18H,5,10-13H2,1-4H3/t16-,18+/m0/s1. The molecule has 0 spiro atoms. The molecule has 0 amide bonds. The molecule has 5 heteroatoms. The van der Waals surface area contributed by atoms with Crippen LogP contribution in [0.25, 0.3) is 0 Å². The summed E-state index contributed by atoms with van der Waals surface area (Å²) in [7, 11) is 1.79. The van der Waals surface area contributed by atoms with Crippen molar-refractivity contribution in [2.45, 2.75) is 39.8 Å². The van der Waals surface area contributed by atoms with Crippen LogP contribution in [0, 0.1) is 19.8 Å². The molecule has 2 aromatic heterocycles. The van der Waals surface area contributed by atoms with E-state index in [-0.39, 0.29) is 0 Å². The molecule has 1 fully saturated rings. The largest absolute Gasteiger partial charge is 0.384 e. The Labute approximate surface area is 144 Å². The third kappa shape index (κ3) is 3.37. The van der Waals surface area contributed by atoms with Gasteiger partial charge in [-0.1, -0.05) is 6.07 Å². The first-order valence-corrected chi connectivity index (χ1v) is 8.79. The van der Waals surface area contributed by atoms with Crippen LogP contribution in [0.5, 0.6) is 0 Å². The van der Waals surface area contributed by atoms with E-state index in [4.69, 9.17) is 4.74 Å². The molecule has 0 unspecified atom stereocenters. The maximum atomic E-state index is 5.47. The molecule has 1 aliphatic rings. The first-order chi connectivity index (χ1) is 11.6. The van der Waals surface area contributed by atoms with E-state index in [1.54, 1.807) is 7.11 Å². The number of aromatic nitrogens is 3. The van der Waals surface area contributed by atoms with Crippen LogP contribution in [0.15, 0.2) is 24.4 Å². The van der Waals surface area contributed by atoms with Crippen LogP contribution < -0.4 is 0 Å². The molecule has 1 saturated heterocycles. The molecule has 3 heterocycles. The fourth-order valence-electron chi connectivity index (χ4n) is 3.90. The van der Waals surface area contributed by atoms with E-state index in [0.717, 1.165) is 38.5 Å². The van der Waals surface area contributed by atoms with E-state index in [2.05, 4.69) is 52.6 Å². The second-order valence-electron chi connectivity index (χ2n) is 6.74. The molecular weight excluding hydrogens is 300 g/mol. The number of nitrogens with zero attached hydrogens (tertiary/aromatic N) is 4. The van der Waals surface area contributed by atoms with Crippen molar-refractivity contribution in [3.8, 4) is 0 Å². The normalized spacial score (nSPS) is 21.5. The summed E-state index contributed by atoms with van der Waals surface area (Å²) in [5.41, 5.74) is 4.99. The quantitative estimate of drug-likeness (QED) is 0.818. The zero-order valence-corrected chi connectivity index (χ0v) is 15.2. The Bertz CT molecular complexity index is 668. The summed E-state index contributed by atoms with van der Waals surface area (Å²) in [5, 5.41) is 4.66. The van der Waals surface area contributed by atoms with Crippen molar-refractivity contribution in [3.05, 3.63) is 47.0 Å². The number of hydrogen-bond donors (Lipinski definition) is 0. The van der Waals surface area contributed by atoms with Crippen LogP contribution >= 0.6 is 0 Å². The minimum atomic E-state index is 0.438. The number of ether oxygens (including phenoxy) is 1. The van der Waals surface area contributed by atoms with Crippen molar-refractivity contribution in [2.24, 2.45) is 5.92 Å². The average Bonchev–Trinajstić information content (AvgIpc) is 3.12. The summed E-state index contributed by atoms with van der Waals surface area (Å²) in [5.74, 6) is 0.930. The molecule has 0 aliphatic carbocycles. The maximum absolute atomic E-state index is 5.47. The lowest BCUT2D eigenvalue weighted by Crippen LogP contribution is -2.22. The van der Waals surface area contributed by atoms with Gasteiger partial charge in [0.2, 0.25) is 0 Å². The first-order valence-electron chi connectivity index (χ1n) is 8.79. The van der Waals surface area contributed by atoms with E-state index in [1.165, 1.54) is 17.0 Å². The second kappa shape index (κ2) is 7.45. The van der Waals surface area contributed by atoms with Crippen LogP contribution in [0.3, 0.4) is 0 Å². The molecule has 130 valence electrons. The summed E-state index contributed by atoms with van der Waals surface area (Å²) >= 11 is 0. The molecule has 3 rings (SSSR count). The number of methoxy groups -OCH3 is 1. The Kier molecular flexibility index (Phi) is 5.31. The third-order valence-electron chi connectivity index (χ3n) is 5.18. The molecule has 0 aromatic carbocycles. The van der Waals surface area contributed by atoms with Crippen molar-refractivity contribution in [3.63, 3.8) is 0 Å². The highest BCUT2D eigenvalue weighted by molar-refractivity contribution is 5.25. The molecular formula is C19H28N4O. The zero-order chi connectivity index (χ0) is 17.1. The Morgan fingerprint density at radius 3 is 2.71 bits per heavy atom. The Hall–Kier alpha value is -1.72. The van der Waals surface area contributed by atoms with Gasteiger partial charge < -0.3 is 4.74 Å². The van der Waals surface area contributed by atoms with Gasteiger partial charge in [0, 0.05) is 68.3 Å². The van der Waals surface area contributed by atoms with Crippen molar-refractivity contribution in [1.29, 1.82) is 0 Å². The van der Waals surface area contributed by atoms with Gasteiger partial charge in [-0.3, -0.25) is 14.6 Å². The molecule has 1 aliphatic heterocycles. The Morgan fingerprint density at radius 2 is 2.08 bits per heavy atom. The highest BCUT2D eigenvalue weighted by Gasteiger charge is 2.35. The van der Waals surface area contributed by atoms with E-state index in [9.17, 15) is 0 Å². The van der Waals surface area contributed by atoms with Crippen LogP contribution in [-0.4, -0.2) is 46.5 Å². The van der Waals surface area contributed by atoms with Gasteiger partial charge in [0.05, 0.1) is 12.3 Å². The third-order valence-corrected chi connectivity index (χ3v) is 5.18. The van der Waals surface area contributed by atoms with Gasteiger partial charge in [0.25, 0.3) is 0 Å². The summed E-state index contributed by atoms with van der Waals surface area (Å²) in [6, 6.07) is 6.20. The molecule has 0 N–H and O–H groups in total. The molecule has 2 aromatic rings. The highest BCUT2D eigenvalue weighted by atomic mass is 16.5. The van der Waals surface area contributed by atoms with E-state index in [0.29, 0.717) is 11.8 Å². The van der Waals surface area contributed by atoms with Gasteiger partial charge in [0.1, 0.15) is 0 Å². The molecule has 5 nitrogen and oxygen atoms in total. The first kappa shape index (κ1) is 17.1. The molecule has 24 heavy (non-hydrogen) atoms. The molecule has 0 saturated carbocycles. The average molecular weight is 328 g/mol. The topological polar surface area (TPSA) is 43.2 Å². The highest BCUT2D eigenvalue weighted by Crippen LogP contribution is 2.33. The molecule has 0 radical (unpaired) electrons. The number of rotatable bonds is 6. The van der Waals surface area contributed by atoms with Gasteiger partial charge in [-0.15, -0.1) is 0 Å². The van der Waals surface area contributed by atoms with Gasteiger partial charge in [0.15, 0.2) is 0 Å². The van der Waals surface area contributed by atoms with Gasteiger partial charge in [-0.2, -0.15) is 5.10 Å². The van der Waals surface area contributed by atoms with E-state index < -0.39 is 0 Å². The van der Waals surface area contributed by atoms with Crippen molar-refractivity contribution in [2.75, 3.05) is 26.8 Å². The Balaban J connectivity index is 1.77. The number of pyridine rings is 1. The summed E-state index contributed by atoms with van der Waals surface area (Å²) in [6.45, 7) is 11.2. The van der Waals surface area contributed by atoms with E-state index in [1.807, 2.05) is 12.3 Å². The van der Waals surface area contributed by atoms with Gasteiger partial charge in [-0.25, -0.2) is 0 Å². The van der Waals surface area contributed by atoms with Crippen LogP contribution in [-0.2, 0) is 17.8 Å². The maximum Gasteiger partial charge on any atom is 0.0641 e. The predicted octanol–water partition coefficient (Wildman–Crippen LogP) is 2.78. The van der Waals surface area contributed by atoms with Crippen LogP contribution in [0.1, 0.15) is 35.5 Å². The smallest absolute Gasteiger partial charge is 0.0641 e. The number of likely N-dealkylation sites (tertiary alicyclic amines) is 1. The number of aryl methyl sites for hydroxylation is 2. The minimum Gasteiger partial charge on any atom is -0.384 e. The number of hydrogen-bond acceptors (Lipinski definition) is 4. The summed E-state index contributed by atoms with van der Waals surface area (Å²) < 4.78 is 7.57. The zero-order valence-electron chi connectivity index (χ0n) is 15.2. The monoisotopic (exact) mass is 328 g/mol. The lowest BCUT2D eigenvalue weighted by Gasteiger charge is -2.16. The molecule has 2 atom stereocenters.